The van der Waals surface area contributed by atoms with E-state index in [1.807, 2.05) is 12.1 Å². The van der Waals surface area contributed by atoms with E-state index in [1.54, 1.807) is 12.1 Å². The minimum atomic E-state index is -4.32. The van der Waals surface area contributed by atoms with Gasteiger partial charge in [0.25, 0.3) is 5.91 Å². The van der Waals surface area contributed by atoms with Gasteiger partial charge in [-0.15, -0.1) is 0 Å². The van der Waals surface area contributed by atoms with Crippen LogP contribution in [0, 0.1) is 0 Å². The van der Waals surface area contributed by atoms with Crippen molar-refractivity contribution in [2.24, 2.45) is 0 Å². The Morgan fingerprint density at radius 2 is 1.76 bits per heavy atom. The number of carbonyl (C=O) groups excluding carboxylic acids is 1. The van der Waals surface area contributed by atoms with Gasteiger partial charge in [-0.1, -0.05) is 44.7 Å². The second-order valence-electron chi connectivity index (χ2n) is 6.54. The molecule has 0 radical (unpaired) electrons. The lowest BCUT2D eigenvalue weighted by atomic mass is 9.87. The zero-order valence-electron chi connectivity index (χ0n) is 14.1. The fraction of sp³-hybridized carbons (Fsp3) is 0.333. The standard InChI is InChI=1S/C18H19F3N2OS/c1-17(2,3)12-6-8-13(9-7-12)23-15(24)14-5-4-10-22-16(14)25-11-18(19,20)21/h4-10H,11H2,1-3H3,(H,23,24). The van der Waals surface area contributed by atoms with Gasteiger partial charge in [0.05, 0.1) is 11.3 Å². The highest BCUT2D eigenvalue weighted by molar-refractivity contribution is 7.99. The highest BCUT2D eigenvalue weighted by Crippen LogP contribution is 2.29. The lowest BCUT2D eigenvalue weighted by molar-refractivity contribution is -0.105. The van der Waals surface area contributed by atoms with Gasteiger partial charge in [0.15, 0.2) is 0 Å². The molecule has 0 saturated heterocycles. The molecule has 1 heterocycles. The number of nitrogens with zero attached hydrogens (tertiary/aromatic N) is 1. The molecular formula is C18H19F3N2OS. The average Bonchev–Trinajstić information content (AvgIpc) is 2.52. The summed E-state index contributed by atoms with van der Waals surface area (Å²) in [4.78, 5) is 16.3. The van der Waals surface area contributed by atoms with E-state index in [4.69, 9.17) is 0 Å². The lowest BCUT2D eigenvalue weighted by Crippen LogP contribution is -2.16. The molecule has 0 atom stereocenters. The molecular weight excluding hydrogens is 349 g/mol. The molecule has 2 aromatic rings. The van der Waals surface area contributed by atoms with Crippen molar-refractivity contribution in [3.8, 4) is 0 Å². The Labute approximate surface area is 149 Å². The highest BCUT2D eigenvalue weighted by atomic mass is 32.2. The monoisotopic (exact) mass is 368 g/mol. The summed E-state index contributed by atoms with van der Waals surface area (Å²) in [7, 11) is 0. The number of carbonyl (C=O) groups is 1. The van der Waals surface area contributed by atoms with Crippen molar-refractivity contribution in [1.29, 1.82) is 0 Å². The van der Waals surface area contributed by atoms with Crippen LogP contribution in [0.4, 0.5) is 18.9 Å². The van der Waals surface area contributed by atoms with Crippen LogP contribution in [0.15, 0.2) is 47.6 Å². The summed E-state index contributed by atoms with van der Waals surface area (Å²) < 4.78 is 37.2. The molecule has 0 saturated carbocycles. The average molecular weight is 368 g/mol. The first-order valence-corrected chi connectivity index (χ1v) is 8.61. The number of hydrogen-bond donors (Lipinski definition) is 1. The molecule has 7 heteroatoms. The molecule has 0 aliphatic rings. The van der Waals surface area contributed by atoms with Gasteiger partial charge in [-0.25, -0.2) is 4.98 Å². The maximum absolute atomic E-state index is 12.4. The second kappa shape index (κ2) is 7.47. The van der Waals surface area contributed by atoms with E-state index < -0.39 is 17.8 Å². The number of pyridine rings is 1. The largest absolute Gasteiger partial charge is 0.398 e. The zero-order valence-corrected chi connectivity index (χ0v) is 15.0. The molecule has 0 unspecified atom stereocenters. The van der Waals surface area contributed by atoms with Crippen LogP contribution < -0.4 is 5.32 Å². The Balaban J connectivity index is 2.13. The van der Waals surface area contributed by atoms with Crippen molar-refractivity contribution in [2.75, 3.05) is 11.1 Å². The summed E-state index contributed by atoms with van der Waals surface area (Å²) in [5.74, 6) is -1.58. The van der Waals surface area contributed by atoms with Gasteiger partial charge in [0, 0.05) is 11.9 Å². The quantitative estimate of drug-likeness (QED) is 0.746. The van der Waals surface area contributed by atoms with Crippen LogP contribution in [-0.2, 0) is 5.41 Å². The molecule has 1 N–H and O–H groups in total. The zero-order chi connectivity index (χ0) is 18.7. The van der Waals surface area contributed by atoms with Gasteiger partial charge in [-0.3, -0.25) is 4.79 Å². The Hall–Kier alpha value is -2.02. The van der Waals surface area contributed by atoms with Crippen LogP contribution in [0.25, 0.3) is 0 Å². The van der Waals surface area contributed by atoms with Gasteiger partial charge in [-0.05, 0) is 35.2 Å². The van der Waals surface area contributed by atoms with Crippen LogP contribution in [-0.4, -0.2) is 22.8 Å². The maximum Gasteiger partial charge on any atom is 0.398 e. The van der Waals surface area contributed by atoms with Gasteiger partial charge >= 0.3 is 6.18 Å². The van der Waals surface area contributed by atoms with Gasteiger partial charge in [0.1, 0.15) is 5.03 Å². The van der Waals surface area contributed by atoms with Gasteiger partial charge in [-0.2, -0.15) is 13.2 Å². The third kappa shape index (κ3) is 5.77. The Morgan fingerprint density at radius 3 is 2.32 bits per heavy atom. The second-order valence-corrected chi connectivity index (χ2v) is 7.51. The molecule has 3 nitrogen and oxygen atoms in total. The smallest absolute Gasteiger partial charge is 0.322 e. The minimum Gasteiger partial charge on any atom is -0.322 e. The van der Waals surface area contributed by atoms with Crippen LogP contribution >= 0.6 is 11.8 Å². The number of thioether (sulfide) groups is 1. The molecule has 2 rings (SSSR count). The highest BCUT2D eigenvalue weighted by Gasteiger charge is 2.28. The number of alkyl halides is 3. The van der Waals surface area contributed by atoms with E-state index in [1.165, 1.54) is 18.3 Å². The maximum atomic E-state index is 12.4. The summed E-state index contributed by atoms with van der Waals surface area (Å²) in [6.45, 7) is 6.25. The molecule has 0 spiro atoms. The molecule has 0 bridgehead atoms. The van der Waals surface area contributed by atoms with E-state index in [9.17, 15) is 18.0 Å². The van der Waals surface area contributed by atoms with Crippen molar-refractivity contribution in [3.05, 3.63) is 53.7 Å². The number of rotatable bonds is 4. The van der Waals surface area contributed by atoms with Crippen molar-refractivity contribution < 1.29 is 18.0 Å². The summed E-state index contributed by atoms with van der Waals surface area (Å²) in [5, 5.41) is 2.76. The van der Waals surface area contributed by atoms with Crippen LogP contribution in [0.1, 0.15) is 36.7 Å². The summed E-state index contributed by atoms with van der Waals surface area (Å²) >= 11 is 0.502. The van der Waals surface area contributed by atoms with Crippen molar-refractivity contribution in [1.82, 2.24) is 4.98 Å². The van der Waals surface area contributed by atoms with E-state index >= 15 is 0 Å². The SMILES string of the molecule is CC(C)(C)c1ccc(NC(=O)c2cccnc2SCC(F)(F)F)cc1. The minimum absolute atomic E-state index is 0.00665. The number of halogens is 3. The fourth-order valence-corrected chi connectivity index (χ4v) is 2.83. The summed E-state index contributed by atoms with van der Waals surface area (Å²) in [5.41, 5.74) is 1.81. The van der Waals surface area contributed by atoms with Crippen molar-refractivity contribution in [2.45, 2.75) is 37.4 Å². The third-order valence-electron chi connectivity index (χ3n) is 3.40. The van der Waals surface area contributed by atoms with Gasteiger partial charge < -0.3 is 5.32 Å². The molecule has 0 fully saturated rings. The lowest BCUT2D eigenvalue weighted by Gasteiger charge is -2.19. The summed E-state index contributed by atoms with van der Waals surface area (Å²) in [6, 6.07) is 10.4. The molecule has 0 aliphatic heterocycles. The number of anilines is 1. The van der Waals surface area contributed by atoms with Crippen molar-refractivity contribution >= 4 is 23.4 Å². The van der Waals surface area contributed by atoms with Crippen LogP contribution in [0.3, 0.4) is 0 Å². The van der Waals surface area contributed by atoms with Crippen LogP contribution in [0.2, 0.25) is 0 Å². The third-order valence-corrected chi connectivity index (χ3v) is 4.47. The Morgan fingerprint density at radius 1 is 1.12 bits per heavy atom. The first-order valence-electron chi connectivity index (χ1n) is 7.63. The molecule has 1 aromatic carbocycles. The normalized spacial score (nSPS) is 12.1. The van der Waals surface area contributed by atoms with Crippen LogP contribution in [0.5, 0.6) is 0 Å². The fourth-order valence-electron chi connectivity index (χ4n) is 2.08. The van der Waals surface area contributed by atoms with E-state index in [2.05, 4.69) is 31.1 Å². The van der Waals surface area contributed by atoms with E-state index in [0.717, 1.165) is 5.56 Å². The number of nitrogens with one attached hydrogen (secondary N) is 1. The summed E-state index contributed by atoms with van der Waals surface area (Å²) in [6.07, 6.45) is -2.95. The molecule has 134 valence electrons. The first kappa shape index (κ1) is 19.3. The predicted molar refractivity (Wildman–Crippen MR) is 94.1 cm³/mol. The van der Waals surface area contributed by atoms with E-state index in [-0.39, 0.29) is 16.0 Å². The Kier molecular flexibility index (Phi) is 5.77. The molecule has 25 heavy (non-hydrogen) atoms. The molecule has 1 aromatic heterocycles. The topological polar surface area (TPSA) is 42.0 Å². The predicted octanol–water partition coefficient (Wildman–Crippen LogP) is 5.29. The number of benzene rings is 1. The Bertz CT molecular complexity index is 737. The number of aromatic nitrogens is 1. The van der Waals surface area contributed by atoms with Gasteiger partial charge in [0.2, 0.25) is 0 Å². The molecule has 0 aliphatic carbocycles. The molecule has 1 amide bonds. The number of hydrogen-bond acceptors (Lipinski definition) is 3. The van der Waals surface area contributed by atoms with E-state index in [0.29, 0.717) is 17.4 Å². The number of amides is 1. The first-order chi connectivity index (χ1) is 11.6. The van der Waals surface area contributed by atoms with Crippen molar-refractivity contribution in [3.63, 3.8) is 0 Å².